The minimum Gasteiger partial charge on any atom is -0.443 e. The summed E-state index contributed by atoms with van der Waals surface area (Å²) in [5.74, 6) is 0.119. The number of amides is 2. The van der Waals surface area contributed by atoms with Crippen molar-refractivity contribution in [3.63, 3.8) is 0 Å². The van der Waals surface area contributed by atoms with Crippen LogP contribution in [0.25, 0.3) is 0 Å². The van der Waals surface area contributed by atoms with Crippen LogP contribution in [0.1, 0.15) is 79.1 Å². The van der Waals surface area contributed by atoms with Crippen LogP contribution in [0.5, 0.6) is 0 Å². The van der Waals surface area contributed by atoms with E-state index in [1.54, 1.807) is 7.11 Å². The molecule has 0 bridgehead atoms. The summed E-state index contributed by atoms with van der Waals surface area (Å²) >= 11 is 0. The smallest absolute Gasteiger partial charge is 0.407 e. The first-order valence-corrected chi connectivity index (χ1v) is 12.9. The molecule has 8 heteroatoms. The van der Waals surface area contributed by atoms with Crippen LogP contribution in [0.3, 0.4) is 0 Å². The van der Waals surface area contributed by atoms with Crippen LogP contribution in [-0.2, 0) is 23.7 Å². The van der Waals surface area contributed by atoms with Gasteiger partial charge in [-0.05, 0) is 52.9 Å². The van der Waals surface area contributed by atoms with Crippen molar-refractivity contribution in [1.29, 1.82) is 0 Å². The van der Waals surface area contributed by atoms with Gasteiger partial charge in [0.15, 0.2) is 0 Å². The van der Waals surface area contributed by atoms with Crippen molar-refractivity contribution in [3.05, 3.63) is 11.6 Å². The van der Waals surface area contributed by atoms with Crippen LogP contribution >= 0.6 is 0 Å². The van der Waals surface area contributed by atoms with Crippen LogP contribution < -0.4 is 10.6 Å². The highest BCUT2D eigenvalue weighted by Gasteiger charge is 2.72. The zero-order valence-corrected chi connectivity index (χ0v) is 21.6. The van der Waals surface area contributed by atoms with Crippen molar-refractivity contribution < 1.29 is 28.5 Å². The van der Waals surface area contributed by atoms with Crippen LogP contribution in [0.4, 0.5) is 4.79 Å². The monoisotopic (exact) mass is 480 g/mol. The molecular weight excluding hydrogens is 436 g/mol. The quantitative estimate of drug-likeness (QED) is 0.236. The molecule has 1 saturated carbocycles. The van der Waals surface area contributed by atoms with E-state index in [0.717, 1.165) is 44.9 Å². The number of allylic oxidation sites excluding steroid dienone is 1. The molecule has 3 fully saturated rings. The Hall–Kier alpha value is -1.64. The molecule has 3 aliphatic rings. The molecule has 0 radical (unpaired) electrons. The van der Waals surface area contributed by atoms with E-state index in [2.05, 4.69) is 37.5 Å². The maximum Gasteiger partial charge on any atom is 0.407 e. The Morgan fingerprint density at radius 1 is 1.12 bits per heavy atom. The summed E-state index contributed by atoms with van der Waals surface area (Å²) in [7, 11) is 1.69. The van der Waals surface area contributed by atoms with Gasteiger partial charge in [0.2, 0.25) is 5.91 Å². The molecule has 1 aliphatic carbocycles. The highest BCUT2D eigenvalue weighted by molar-refractivity contribution is 5.75. The minimum atomic E-state index is -0.392. The molecule has 1 spiro atoms. The fourth-order valence-corrected chi connectivity index (χ4v) is 5.40. The van der Waals surface area contributed by atoms with E-state index in [1.807, 2.05) is 6.92 Å². The highest BCUT2D eigenvalue weighted by Crippen LogP contribution is 2.59. The van der Waals surface area contributed by atoms with Gasteiger partial charge in [-0.15, -0.1) is 0 Å². The first-order valence-electron chi connectivity index (χ1n) is 12.9. The fraction of sp³-hybridized carbons (Fsp3) is 0.846. The molecule has 8 nitrogen and oxygen atoms in total. The van der Waals surface area contributed by atoms with Crippen molar-refractivity contribution in [2.75, 3.05) is 26.8 Å². The number of unbranched alkanes of at least 4 members (excludes halogenated alkanes) is 3. The van der Waals surface area contributed by atoms with Gasteiger partial charge in [0, 0.05) is 26.6 Å². The molecule has 2 aliphatic heterocycles. The third kappa shape index (κ3) is 6.73. The SMILES string of the molecule is CCC(=O)NCCCCCCNC(=O)OC1CC[C@]2(CO2)C([C@@]2(C)O[C@@H]2CC=C(C)C)C1OC. The lowest BCUT2D eigenvalue weighted by Crippen LogP contribution is -2.56. The normalized spacial score (nSPS) is 33.8. The number of hydrogen-bond donors (Lipinski definition) is 2. The average Bonchev–Trinajstić information content (AvgIpc) is 3.72. The molecule has 0 aromatic rings. The summed E-state index contributed by atoms with van der Waals surface area (Å²) in [5, 5.41) is 5.76. The molecule has 0 aromatic heterocycles. The third-order valence-corrected chi connectivity index (χ3v) is 7.51. The Bertz CT molecular complexity index is 733. The summed E-state index contributed by atoms with van der Waals surface area (Å²) in [4.78, 5) is 23.7. The van der Waals surface area contributed by atoms with Crippen molar-refractivity contribution >= 4 is 12.0 Å². The maximum absolute atomic E-state index is 12.5. The number of nitrogens with one attached hydrogen (secondary N) is 2. The zero-order chi connectivity index (χ0) is 24.8. The van der Waals surface area contributed by atoms with Gasteiger partial charge in [-0.1, -0.05) is 31.4 Å². The van der Waals surface area contributed by atoms with Gasteiger partial charge in [0.25, 0.3) is 0 Å². The van der Waals surface area contributed by atoms with Crippen molar-refractivity contribution in [3.8, 4) is 0 Å². The molecular formula is C26H44N2O6. The number of epoxide rings is 2. The van der Waals surface area contributed by atoms with Crippen LogP contribution in [0, 0.1) is 5.92 Å². The molecule has 0 aromatic carbocycles. The summed E-state index contributed by atoms with van der Waals surface area (Å²) in [6.07, 6.45) is 8.18. The molecule has 3 unspecified atom stereocenters. The molecule has 34 heavy (non-hydrogen) atoms. The Kier molecular flexibility index (Phi) is 9.41. The first-order chi connectivity index (χ1) is 16.3. The van der Waals surface area contributed by atoms with Gasteiger partial charge < -0.3 is 29.6 Å². The van der Waals surface area contributed by atoms with Gasteiger partial charge in [0.05, 0.1) is 18.6 Å². The van der Waals surface area contributed by atoms with E-state index in [-0.39, 0.29) is 41.3 Å². The Labute approximate surface area is 204 Å². The van der Waals surface area contributed by atoms with Gasteiger partial charge in [-0.2, -0.15) is 0 Å². The summed E-state index contributed by atoms with van der Waals surface area (Å²) in [6, 6.07) is 0. The summed E-state index contributed by atoms with van der Waals surface area (Å²) < 4.78 is 23.9. The predicted octanol–water partition coefficient (Wildman–Crippen LogP) is 3.88. The maximum atomic E-state index is 12.5. The number of hydrogen-bond acceptors (Lipinski definition) is 6. The van der Waals surface area contributed by atoms with Gasteiger partial charge in [0.1, 0.15) is 23.4 Å². The van der Waals surface area contributed by atoms with E-state index in [9.17, 15) is 9.59 Å². The average molecular weight is 481 g/mol. The van der Waals surface area contributed by atoms with Crippen molar-refractivity contribution in [1.82, 2.24) is 10.6 Å². The first kappa shape index (κ1) is 27.0. The Morgan fingerprint density at radius 3 is 2.38 bits per heavy atom. The Morgan fingerprint density at radius 2 is 1.79 bits per heavy atom. The number of alkyl carbamates (subject to hydrolysis) is 1. The predicted molar refractivity (Wildman–Crippen MR) is 130 cm³/mol. The second kappa shape index (κ2) is 11.9. The van der Waals surface area contributed by atoms with E-state index >= 15 is 0 Å². The second-order valence-electron chi connectivity index (χ2n) is 10.4. The summed E-state index contributed by atoms with van der Waals surface area (Å²) in [6.45, 7) is 10.2. The topological polar surface area (TPSA) is 102 Å². The van der Waals surface area contributed by atoms with Crippen LogP contribution in [0.2, 0.25) is 0 Å². The lowest BCUT2D eigenvalue weighted by molar-refractivity contribution is -0.120. The van der Waals surface area contributed by atoms with Crippen LogP contribution in [-0.4, -0.2) is 68.3 Å². The minimum absolute atomic E-state index is 0.0281. The van der Waals surface area contributed by atoms with E-state index < -0.39 is 6.09 Å². The van der Waals surface area contributed by atoms with Crippen molar-refractivity contribution in [2.45, 2.75) is 109 Å². The third-order valence-electron chi connectivity index (χ3n) is 7.51. The number of rotatable bonds is 13. The number of carbonyl (C=O) groups excluding carboxylic acids is 2. The summed E-state index contributed by atoms with van der Waals surface area (Å²) in [5.41, 5.74) is 0.726. The molecule has 2 amide bonds. The molecule has 2 N–H and O–H groups in total. The molecule has 194 valence electrons. The molecule has 2 saturated heterocycles. The number of ether oxygens (including phenoxy) is 4. The van der Waals surface area contributed by atoms with Crippen molar-refractivity contribution in [2.24, 2.45) is 5.92 Å². The van der Waals surface area contributed by atoms with E-state index in [1.165, 1.54) is 5.57 Å². The van der Waals surface area contributed by atoms with E-state index in [4.69, 9.17) is 18.9 Å². The number of methoxy groups -OCH3 is 1. The molecule has 3 rings (SSSR count). The lowest BCUT2D eigenvalue weighted by Gasteiger charge is -2.42. The largest absolute Gasteiger partial charge is 0.443 e. The number of carbonyl (C=O) groups is 2. The van der Waals surface area contributed by atoms with Crippen LogP contribution in [0.15, 0.2) is 11.6 Å². The molecule has 2 heterocycles. The molecule has 6 atom stereocenters. The van der Waals surface area contributed by atoms with Gasteiger partial charge in [-0.25, -0.2) is 4.79 Å². The van der Waals surface area contributed by atoms with Gasteiger partial charge in [-0.3, -0.25) is 4.79 Å². The zero-order valence-electron chi connectivity index (χ0n) is 21.6. The fourth-order valence-electron chi connectivity index (χ4n) is 5.40. The second-order valence-corrected chi connectivity index (χ2v) is 10.4. The van der Waals surface area contributed by atoms with Gasteiger partial charge >= 0.3 is 6.09 Å². The lowest BCUT2D eigenvalue weighted by atomic mass is 9.68. The standard InChI is InChI=1S/C26H44N2O6/c1-6-21(29)27-15-9-7-8-10-16-28-24(30)33-19-13-14-26(17-32-26)23(22(19)31-5)25(4)20(34-25)12-11-18(2)3/h11,19-20,22-23H,6-10,12-17H2,1-5H3,(H,27,29)(H,28,30)/t19?,20-,22?,23?,25+,26+/m1/s1. The van der Waals surface area contributed by atoms with E-state index in [0.29, 0.717) is 26.1 Å². The Balaban J connectivity index is 1.43. The highest BCUT2D eigenvalue weighted by atomic mass is 16.6.